The average Bonchev–Trinajstić information content (AvgIpc) is 1.83. The fourth-order valence-corrected chi connectivity index (χ4v) is 0.691. The molecule has 1 aromatic carbocycles. The first kappa shape index (κ1) is 10.6. The minimum absolute atomic E-state index is 0. The molecule has 0 aliphatic heterocycles. The standard InChI is InChI=1S/C6H4F2P.Y/c7-4-2-1-3-5(9)6(4)8;/h1,3H,9H2;/q-1;. The summed E-state index contributed by atoms with van der Waals surface area (Å²) in [6.45, 7) is 0. The Bertz CT molecular complexity index is 207. The van der Waals surface area contributed by atoms with Crippen LogP contribution in [0.4, 0.5) is 8.78 Å². The molecule has 0 N–H and O–H groups in total. The van der Waals surface area contributed by atoms with E-state index in [2.05, 4.69) is 15.3 Å². The van der Waals surface area contributed by atoms with Gasteiger partial charge in [0.15, 0.2) is 0 Å². The van der Waals surface area contributed by atoms with E-state index in [1.165, 1.54) is 12.1 Å². The van der Waals surface area contributed by atoms with Gasteiger partial charge in [-0.2, -0.15) is 12.1 Å². The van der Waals surface area contributed by atoms with Gasteiger partial charge in [0.05, 0.1) is 5.82 Å². The minimum atomic E-state index is -0.928. The fourth-order valence-electron chi connectivity index (χ4n) is 0.468. The predicted molar refractivity (Wildman–Crippen MR) is 34.5 cm³/mol. The minimum Gasteiger partial charge on any atom is -0.281 e. The SMILES string of the molecule is Fc1[c-]ccc(P)c1F.[Y]. The van der Waals surface area contributed by atoms with E-state index in [9.17, 15) is 8.78 Å². The average molecular weight is 234 g/mol. The second kappa shape index (κ2) is 4.48. The van der Waals surface area contributed by atoms with E-state index in [4.69, 9.17) is 0 Å². The van der Waals surface area contributed by atoms with Crippen LogP contribution in [0.1, 0.15) is 0 Å². The summed E-state index contributed by atoms with van der Waals surface area (Å²) in [6, 6.07) is 4.85. The van der Waals surface area contributed by atoms with Crippen LogP contribution in [0.2, 0.25) is 0 Å². The molecule has 0 aliphatic rings. The second-order valence-electron chi connectivity index (χ2n) is 1.56. The van der Waals surface area contributed by atoms with Gasteiger partial charge in [0.1, 0.15) is 0 Å². The van der Waals surface area contributed by atoms with E-state index >= 15 is 0 Å². The van der Waals surface area contributed by atoms with Gasteiger partial charge in [0.2, 0.25) is 0 Å². The Labute approximate surface area is 85.5 Å². The predicted octanol–water partition coefficient (Wildman–Crippen LogP) is 1.26. The summed E-state index contributed by atoms with van der Waals surface area (Å²) < 4.78 is 24.4. The van der Waals surface area contributed by atoms with Gasteiger partial charge in [-0.25, -0.2) is 4.39 Å². The molecule has 0 heterocycles. The second-order valence-corrected chi connectivity index (χ2v) is 2.18. The summed E-state index contributed by atoms with van der Waals surface area (Å²) in [4.78, 5) is 0. The molecule has 0 bridgehead atoms. The van der Waals surface area contributed by atoms with Crippen LogP contribution in [0, 0.1) is 17.7 Å². The maximum Gasteiger partial charge on any atom is 0.0505 e. The van der Waals surface area contributed by atoms with Crippen LogP contribution in [-0.2, 0) is 32.7 Å². The van der Waals surface area contributed by atoms with Gasteiger partial charge in [-0.3, -0.25) is 4.39 Å². The van der Waals surface area contributed by atoms with Crippen LogP contribution in [0.15, 0.2) is 12.1 Å². The van der Waals surface area contributed by atoms with Crippen molar-refractivity contribution < 1.29 is 41.5 Å². The van der Waals surface area contributed by atoms with Crippen molar-refractivity contribution in [3.63, 3.8) is 0 Å². The van der Waals surface area contributed by atoms with E-state index in [0.29, 0.717) is 0 Å². The molecule has 0 aliphatic carbocycles. The number of hydrogen-bond acceptors (Lipinski definition) is 0. The van der Waals surface area contributed by atoms with Crippen LogP contribution in [0.25, 0.3) is 0 Å². The maximum absolute atomic E-state index is 12.3. The summed E-state index contributed by atoms with van der Waals surface area (Å²) in [5, 5.41) is 0.228. The third-order valence-electron chi connectivity index (χ3n) is 0.919. The van der Waals surface area contributed by atoms with Gasteiger partial charge in [-0.15, -0.1) is 20.6 Å². The zero-order chi connectivity index (χ0) is 6.85. The Morgan fingerprint density at radius 1 is 1.40 bits per heavy atom. The van der Waals surface area contributed by atoms with Crippen molar-refractivity contribution in [3.8, 4) is 0 Å². The van der Waals surface area contributed by atoms with E-state index in [0.717, 1.165) is 0 Å². The van der Waals surface area contributed by atoms with Gasteiger partial charge < -0.3 is 0 Å². The van der Waals surface area contributed by atoms with Crippen LogP contribution in [0.3, 0.4) is 0 Å². The van der Waals surface area contributed by atoms with Gasteiger partial charge >= 0.3 is 0 Å². The molecule has 1 aromatic rings. The summed E-state index contributed by atoms with van der Waals surface area (Å²) in [7, 11) is 2.09. The largest absolute Gasteiger partial charge is 0.281 e. The molecule has 1 radical (unpaired) electrons. The quantitative estimate of drug-likeness (QED) is 0.468. The normalized spacial score (nSPS) is 8.70. The zero-order valence-corrected chi connectivity index (χ0v) is 9.06. The van der Waals surface area contributed by atoms with Crippen molar-refractivity contribution in [1.82, 2.24) is 0 Å². The van der Waals surface area contributed by atoms with Crippen LogP contribution in [0.5, 0.6) is 0 Å². The molecule has 4 heteroatoms. The molecule has 0 amide bonds. The number of rotatable bonds is 0. The van der Waals surface area contributed by atoms with Crippen molar-refractivity contribution in [3.05, 3.63) is 29.8 Å². The molecule has 0 fully saturated rings. The molecular formula is C6H4F2PY-. The molecule has 1 unspecified atom stereocenters. The van der Waals surface area contributed by atoms with E-state index in [1.807, 2.05) is 0 Å². The number of halogens is 2. The van der Waals surface area contributed by atoms with E-state index in [-0.39, 0.29) is 38.0 Å². The van der Waals surface area contributed by atoms with E-state index in [1.54, 1.807) is 0 Å². The molecule has 0 nitrogen and oxygen atoms in total. The number of hydrogen-bond donors (Lipinski definition) is 0. The molecule has 0 aromatic heterocycles. The maximum atomic E-state index is 12.3. The van der Waals surface area contributed by atoms with Gasteiger partial charge in [-0.1, -0.05) is 0 Å². The van der Waals surface area contributed by atoms with Crippen LogP contribution in [-0.4, -0.2) is 0 Å². The van der Waals surface area contributed by atoms with Crippen LogP contribution < -0.4 is 5.30 Å². The molecule has 1 atom stereocenters. The fraction of sp³-hybridized carbons (Fsp3) is 0. The first-order chi connectivity index (χ1) is 4.22. The van der Waals surface area contributed by atoms with Crippen molar-refractivity contribution in [2.75, 3.05) is 0 Å². The third-order valence-corrected chi connectivity index (χ3v) is 1.36. The Hall–Kier alpha value is 0.614. The summed E-state index contributed by atoms with van der Waals surface area (Å²) in [5.41, 5.74) is 0. The van der Waals surface area contributed by atoms with Crippen LogP contribution >= 0.6 is 9.24 Å². The molecule has 0 saturated heterocycles. The smallest absolute Gasteiger partial charge is 0.0505 e. The summed E-state index contributed by atoms with van der Waals surface area (Å²) in [6.07, 6.45) is 0. The topological polar surface area (TPSA) is 0 Å². The Morgan fingerprint density at radius 3 is 2.40 bits per heavy atom. The van der Waals surface area contributed by atoms with Crippen molar-refractivity contribution in [2.45, 2.75) is 0 Å². The first-order valence-corrected chi connectivity index (χ1v) is 2.90. The molecule has 51 valence electrons. The van der Waals surface area contributed by atoms with Gasteiger partial charge in [0, 0.05) is 38.5 Å². The zero-order valence-electron chi connectivity index (χ0n) is 5.07. The monoisotopic (exact) mass is 234 g/mol. The van der Waals surface area contributed by atoms with Crippen molar-refractivity contribution in [1.29, 1.82) is 0 Å². The Morgan fingerprint density at radius 2 is 2.00 bits per heavy atom. The Kier molecular flexibility index (Phi) is 4.76. The van der Waals surface area contributed by atoms with E-state index < -0.39 is 11.6 Å². The molecule has 0 saturated carbocycles. The Balaban J connectivity index is 0.000000810. The molecular weight excluding hydrogens is 230 g/mol. The van der Waals surface area contributed by atoms with Crippen molar-refractivity contribution >= 4 is 14.5 Å². The summed E-state index contributed by atoms with van der Waals surface area (Å²) in [5.74, 6) is -1.77. The summed E-state index contributed by atoms with van der Waals surface area (Å²) >= 11 is 0. The molecule has 0 spiro atoms. The molecule has 10 heavy (non-hydrogen) atoms. The third kappa shape index (κ3) is 2.34. The number of benzene rings is 1. The van der Waals surface area contributed by atoms with Gasteiger partial charge in [0.25, 0.3) is 0 Å². The van der Waals surface area contributed by atoms with Crippen molar-refractivity contribution in [2.24, 2.45) is 0 Å². The van der Waals surface area contributed by atoms with Gasteiger partial charge in [-0.05, 0) is 0 Å². The molecule has 1 rings (SSSR count). The first-order valence-electron chi connectivity index (χ1n) is 2.33.